The van der Waals surface area contributed by atoms with E-state index in [4.69, 9.17) is 25.8 Å². The van der Waals surface area contributed by atoms with E-state index >= 15 is 0 Å². The predicted molar refractivity (Wildman–Crippen MR) is 124 cm³/mol. The fourth-order valence-corrected chi connectivity index (χ4v) is 3.52. The smallest absolute Gasteiger partial charge is 0.339 e. The maximum atomic E-state index is 13.2. The summed E-state index contributed by atoms with van der Waals surface area (Å²) >= 11 is 5.89. The Balaban J connectivity index is 1.84. The van der Waals surface area contributed by atoms with Gasteiger partial charge in [0.05, 0.1) is 14.2 Å². The van der Waals surface area contributed by atoms with E-state index in [0.717, 1.165) is 11.1 Å². The van der Waals surface area contributed by atoms with E-state index in [1.165, 1.54) is 18.2 Å². The van der Waals surface area contributed by atoms with Crippen LogP contribution in [-0.4, -0.2) is 42.7 Å². The Morgan fingerprint density at radius 2 is 1.67 bits per heavy atom. The minimum atomic E-state index is -1.19. The van der Waals surface area contributed by atoms with E-state index in [2.05, 4.69) is 0 Å². The molecule has 0 aromatic heterocycles. The Hall–Kier alpha value is -3.71. The largest absolute Gasteiger partial charge is 0.493 e. The third-order valence-electron chi connectivity index (χ3n) is 4.94. The summed E-state index contributed by atoms with van der Waals surface area (Å²) in [5.41, 5.74) is 1.59. The Morgan fingerprint density at radius 3 is 2.33 bits per heavy atom. The first kappa shape index (κ1) is 23.9. The van der Waals surface area contributed by atoms with Crippen LogP contribution in [-0.2, 0) is 17.9 Å². The van der Waals surface area contributed by atoms with Crippen LogP contribution in [0.5, 0.6) is 17.2 Å². The second-order valence-corrected chi connectivity index (χ2v) is 7.56. The van der Waals surface area contributed by atoms with Crippen molar-refractivity contribution >= 4 is 23.5 Å². The molecule has 0 spiro atoms. The molecule has 0 fully saturated rings. The molecule has 7 nitrogen and oxygen atoms in total. The number of carboxylic acid groups (broad SMARTS) is 1. The van der Waals surface area contributed by atoms with Crippen LogP contribution in [0, 0.1) is 0 Å². The number of hydrogen-bond donors (Lipinski definition) is 1. The third kappa shape index (κ3) is 6.17. The van der Waals surface area contributed by atoms with Crippen molar-refractivity contribution in [3.05, 3.63) is 88.4 Å². The minimum Gasteiger partial charge on any atom is -0.493 e. The Kier molecular flexibility index (Phi) is 8.16. The molecule has 0 aliphatic carbocycles. The van der Waals surface area contributed by atoms with Crippen molar-refractivity contribution in [2.75, 3.05) is 20.8 Å². The maximum Gasteiger partial charge on any atom is 0.339 e. The van der Waals surface area contributed by atoms with E-state index in [0.29, 0.717) is 18.0 Å². The van der Waals surface area contributed by atoms with Gasteiger partial charge in [0, 0.05) is 23.7 Å². The van der Waals surface area contributed by atoms with Crippen molar-refractivity contribution < 1.29 is 28.9 Å². The van der Waals surface area contributed by atoms with Crippen molar-refractivity contribution in [3.63, 3.8) is 0 Å². The highest BCUT2D eigenvalue weighted by Gasteiger charge is 2.20. The number of aromatic carboxylic acids is 1. The Morgan fingerprint density at radius 1 is 0.909 bits per heavy atom. The molecule has 33 heavy (non-hydrogen) atoms. The number of halogens is 1. The number of amides is 1. The number of benzene rings is 3. The van der Waals surface area contributed by atoms with Gasteiger partial charge in [-0.25, -0.2) is 4.79 Å². The molecule has 172 valence electrons. The number of carbonyl (C=O) groups excluding carboxylic acids is 1. The first-order valence-electron chi connectivity index (χ1n) is 10.1. The lowest BCUT2D eigenvalue weighted by molar-refractivity contribution is -0.134. The van der Waals surface area contributed by atoms with Crippen molar-refractivity contribution in [1.29, 1.82) is 0 Å². The van der Waals surface area contributed by atoms with Crippen LogP contribution in [0.15, 0.2) is 66.7 Å². The zero-order chi connectivity index (χ0) is 23.8. The summed E-state index contributed by atoms with van der Waals surface area (Å²) in [4.78, 5) is 26.3. The molecule has 0 saturated carbocycles. The van der Waals surface area contributed by atoms with Gasteiger partial charge in [0.2, 0.25) is 0 Å². The molecule has 0 bridgehead atoms. The van der Waals surface area contributed by atoms with Crippen LogP contribution in [0.4, 0.5) is 0 Å². The number of nitrogens with zero attached hydrogens (tertiary/aromatic N) is 1. The monoisotopic (exact) mass is 469 g/mol. The van der Waals surface area contributed by atoms with Crippen LogP contribution in [0.1, 0.15) is 21.5 Å². The highest BCUT2D eigenvalue weighted by atomic mass is 35.5. The van der Waals surface area contributed by atoms with Crippen LogP contribution in [0.2, 0.25) is 5.02 Å². The van der Waals surface area contributed by atoms with Gasteiger partial charge in [0.25, 0.3) is 5.91 Å². The topological polar surface area (TPSA) is 85.3 Å². The molecule has 3 aromatic rings. The van der Waals surface area contributed by atoms with Gasteiger partial charge in [-0.05, 0) is 29.8 Å². The van der Waals surface area contributed by atoms with Crippen molar-refractivity contribution in [2.45, 2.75) is 13.1 Å². The summed E-state index contributed by atoms with van der Waals surface area (Å²) < 4.78 is 16.5. The molecule has 0 unspecified atom stereocenters. The summed E-state index contributed by atoms with van der Waals surface area (Å²) in [6.45, 7) is 0.223. The van der Waals surface area contributed by atoms with Gasteiger partial charge < -0.3 is 24.2 Å². The van der Waals surface area contributed by atoms with Crippen LogP contribution < -0.4 is 14.2 Å². The average molecular weight is 470 g/mol. The number of rotatable bonds is 10. The molecule has 8 heteroatoms. The maximum absolute atomic E-state index is 13.2. The summed E-state index contributed by atoms with van der Waals surface area (Å²) in [6.07, 6.45) is 0. The first-order valence-corrected chi connectivity index (χ1v) is 10.5. The standard InChI is InChI=1S/C25H24ClNO6/c1-31-22-10-6-9-18(24(22)32-2)15-27(14-17-7-4-3-5-8-17)23(28)16-33-21-12-11-19(26)13-20(21)25(29)30/h3-13H,14-16H2,1-2H3,(H,29,30). The summed E-state index contributed by atoms with van der Waals surface area (Å²) in [6, 6.07) is 19.2. The molecule has 1 amide bonds. The molecule has 0 saturated heterocycles. The van der Waals surface area contributed by atoms with E-state index in [1.807, 2.05) is 42.5 Å². The Labute approximate surface area is 197 Å². The number of para-hydroxylation sites is 1. The van der Waals surface area contributed by atoms with Crippen molar-refractivity contribution in [3.8, 4) is 17.2 Å². The SMILES string of the molecule is COc1cccc(CN(Cc2ccccc2)C(=O)COc2ccc(Cl)cc2C(=O)O)c1OC. The van der Waals surface area contributed by atoms with Crippen LogP contribution in [0.3, 0.4) is 0 Å². The molecule has 0 aliphatic rings. The van der Waals surface area contributed by atoms with Crippen molar-refractivity contribution in [2.24, 2.45) is 0 Å². The van der Waals surface area contributed by atoms with E-state index < -0.39 is 5.97 Å². The normalized spacial score (nSPS) is 10.4. The first-order chi connectivity index (χ1) is 15.9. The van der Waals surface area contributed by atoms with Gasteiger partial charge in [-0.1, -0.05) is 54.1 Å². The number of carboxylic acids is 1. The highest BCUT2D eigenvalue weighted by Crippen LogP contribution is 2.32. The quantitative estimate of drug-likeness (QED) is 0.464. The predicted octanol–water partition coefficient (Wildman–Crippen LogP) is 4.66. The fraction of sp³-hybridized carbons (Fsp3) is 0.200. The molecule has 0 radical (unpaired) electrons. The molecular formula is C25H24ClNO6. The fourth-order valence-electron chi connectivity index (χ4n) is 3.35. The van der Waals surface area contributed by atoms with Crippen LogP contribution in [0.25, 0.3) is 0 Å². The number of methoxy groups -OCH3 is 2. The molecule has 3 aromatic carbocycles. The van der Waals surface area contributed by atoms with Gasteiger partial charge in [-0.2, -0.15) is 0 Å². The lowest BCUT2D eigenvalue weighted by Crippen LogP contribution is -2.34. The van der Waals surface area contributed by atoms with Crippen LogP contribution >= 0.6 is 11.6 Å². The van der Waals surface area contributed by atoms with Gasteiger partial charge in [-0.3, -0.25) is 4.79 Å². The molecule has 1 N–H and O–H groups in total. The Bertz CT molecular complexity index is 1120. The third-order valence-corrected chi connectivity index (χ3v) is 5.17. The average Bonchev–Trinajstić information content (AvgIpc) is 2.82. The van der Waals surface area contributed by atoms with Crippen molar-refractivity contribution in [1.82, 2.24) is 4.90 Å². The summed E-state index contributed by atoms with van der Waals surface area (Å²) in [5, 5.41) is 9.67. The lowest BCUT2D eigenvalue weighted by atomic mass is 10.1. The molecule has 0 heterocycles. The summed E-state index contributed by atoms with van der Waals surface area (Å²) in [7, 11) is 3.09. The molecular weight excluding hydrogens is 446 g/mol. The van der Waals surface area contributed by atoms with Gasteiger partial charge in [0.1, 0.15) is 11.3 Å². The van der Waals surface area contributed by atoms with E-state index in [9.17, 15) is 14.7 Å². The van der Waals surface area contributed by atoms with E-state index in [1.54, 1.807) is 25.2 Å². The molecule has 3 rings (SSSR count). The van der Waals surface area contributed by atoms with Gasteiger partial charge in [-0.15, -0.1) is 0 Å². The second-order valence-electron chi connectivity index (χ2n) is 7.12. The summed E-state index contributed by atoms with van der Waals surface area (Å²) in [5.74, 6) is -0.348. The highest BCUT2D eigenvalue weighted by molar-refractivity contribution is 6.31. The number of ether oxygens (including phenoxy) is 3. The molecule has 0 aliphatic heterocycles. The minimum absolute atomic E-state index is 0.0684. The number of hydrogen-bond acceptors (Lipinski definition) is 5. The second kappa shape index (κ2) is 11.2. The molecule has 0 atom stereocenters. The zero-order valence-electron chi connectivity index (χ0n) is 18.3. The van der Waals surface area contributed by atoms with Gasteiger partial charge in [0.15, 0.2) is 18.1 Å². The lowest BCUT2D eigenvalue weighted by Gasteiger charge is -2.25. The van der Waals surface area contributed by atoms with E-state index in [-0.39, 0.29) is 35.4 Å². The number of carbonyl (C=O) groups is 2. The van der Waals surface area contributed by atoms with Gasteiger partial charge >= 0.3 is 5.97 Å². The zero-order valence-corrected chi connectivity index (χ0v) is 19.0.